The summed E-state index contributed by atoms with van der Waals surface area (Å²) in [7, 11) is 0. The molecule has 25 heteroatoms. The van der Waals surface area contributed by atoms with Gasteiger partial charge >= 0.3 is 12.0 Å². The third-order valence-corrected chi connectivity index (χ3v) is 14.6. The Morgan fingerprint density at radius 3 is 2.44 bits per heavy atom. The summed E-state index contributed by atoms with van der Waals surface area (Å²) >= 11 is 0. The summed E-state index contributed by atoms with van der Waals surface area (Å²) in [5.41, 5.74) is 2.62. The number of carboxylic acid groups (broad SMARTS) is 1. The van der Waals surface area contributed by atoms with Crippen LogP contribution in [0, 0.1) is 16.7 Å². The predicted octanol–water partition coefficient (Wildman–Crippen LogP) is 5.71. The predicted molar refractivity (Wildman–Crippen MR) is 305 cm³/mol. The summed E-state index contributed by atoms with van der Waals surface area (Å²) in [5.74, 6) is 0.536. The smallest absolute Gasteiger partial charge is 0.326 e. The van der Waals surface area contributed by atoms with E-state index in [0.29, 0.717) is 135 Å². The molecule has 0 radical (unpaired) electrons. The third-order valence-electron chi connectivity index (χ3n) is 14.6. The lowest BCUT2D eigenvalue weighted by molar-refractivity contribution is -0.139. The average Bonchev–Trinajstić information content (AvgIpc) is 2.19. The van der Waals surface area contributed by atoms with Crippen LogP contribution in [-0.2, 0) is 38.8 Å². The fraction of sp³-hybridized carbons (Fsp3) is 0.441. The Bertz CT molecular complexity index is 3360. The molecule has 2 atom stereocenters. The van der Waals surface area contributed by atoms with Gasteiger partial charge in [-0.2, -0.15) is 5.26 Å². The molecular weight excluding hydrogens is 1080 g/mol. The number of carbonyl (C=O) groups is 5. The van der Waals surface area contributed by atoms with E-state index in [9.17, 15) is 34.3 Å². The number of piperazine rings is 1. The highest BCUT2D eigenvalue weighted by molar-refractivity contribution is 6.13. The minimum atomic E-state index is -1.09. The molecule has 0 unspecified atom stereocenters. The Morgan fingerprint density at radius 1 is 0.917 bits per heavy atom. The van der Waals surface area contributed by atoms with Crippen LogP contribution in [0.2, 0.25) is 0 Å². The topological polar surface area (TPSA) is 298 Å². The van der Waals surface area contributed by atoms with Crippen LogP contribution in [0.3, 0.4) is 0 Å². The number of Topliss-reactive ketones (excluding diaryl/α,β-unsaturated/α-hetero) is 1. The highest BCUT2D eigenvalue weighted by Crippen LogP contribution is 2.40. The number of carboxylic acids is 1. The summed E-state index contributed by atoms with van der Waals surface area (Å²) in [4.78, 5) is 94.3. The highest BCUT2D eigenvalue weighted by atomic mass is 16.5. The molecule has 0 saturated carbocycles. The zero-order valence-corrected chi connectivity index (χ0v) is 47.9. The van der Waals surface area contributed by atoms with E-state index in [1.807, 2.05) is 62.3 Å². The molecule has 9 rings (SSSR count). The first-order chi connectivity index (χ1) is 40.3. The number of nitriles is 1. The number of rotatable bonds is 24. The number of benzene rings is 1. The van der Waals surface area contributed by atoms with Crippen LogP contribution in [-0.4, -0.2) is 167 Å². The maximum absolute atomic E-state index is 13.5. The molecule has 0 spiro atoms. The van der Waals surface area contributed by atoms with Gasteiger partial charge in [0.1, 0.15) is 53.5 Å². The van der Waals surface area contributed by atoms with E-state index in [-0.39, 0.29) is 66.4 Å². The van der Waals surface area contributed by atoms with Crippen molar-refractivity contribution in [3.8, 4) is 34.7 Å². The highest BCUT2D eigenvalue weighted by Gasteiger charge is 2.45. The van der Waals surface area contributed by atoms with Gasteiger partial charge in [-0.05, 0) is 81.8 Å². The molecule has 1 aromatic carbocycles. The number of nitrogens with zero attached hydrogens (tertiary/aromatic N) is 13. The van der Waals surface area contributed by atoms with Crippen molar-refractivity contribution in [1.82, 2.24) is 60.3 Å². The van der Waals surface area contributed by atoms with Gasteiger partial charge in [0, 0.05) is 93.4 Å². The Hall–Kier alpha value is -9.15. The molecule has 3 aliphatic heterocycles. The van der Waals surface area contributed by atoms with Crippen LogP contribution in [0.5, 0.6) is 17.4 Å². The number of amides is 4. The van der Waals surface area contributed by atoms with Gasteiger partial charge in [0.25, 0.3) is 5.91 Å². The SMILES string of the molecule is C[C@@H]1CN(c2ncc(-c3ccc4c(n3)N(Cc3cccnc3C#N)C(C)(C)C4=O)cn2)CCN1C(=O)Cn1cc(COCCOCCCNC(=O)N2CC(Oc3cccc(Oc4ccc(C(=O)N[C@@H](CCC(C)(C)C)C(=O)O)cn4)c3)C2)nn1. The number of fused-ring (bicyclic) bond motifs is 1. The number of urea groups is 1. The maximum Gasteiger partial charge on any atom is 0.326 e. The van der Waals surface area contributed by atoms with E-state index in [0.717, 1.165) is 0 Å². The standard InChI is InChI=1S/C59H69N15O10/c1-38-31-70(56-64-29-41(30-65-56)47-15-14-46-52(76)59(5,6)74(53(46)66-47)32-40-10-8-19-61-49(40)27-60)21-22-73(38)51(75)36-72-33-42(68-69-72)37-82-25-24-81-23-9-20-62-57(80)71-34-45(35-71)83-43-11-7-12-44(26-43)84-50-16-13-39(28-63-50)54(77)67-48(55(78)79)17-18-58(2,3)4/h7-8,10-16,19,26,28-30,33,38,45,48H,9,17-18,20-25,31-32,34-37H2,1-6H3,(H,62,80)(H,67,77)(H,78,79)/t38-,48+/m1/s1. The molecule has 25 nitrogen and oxygen atoms in total. The molecule has 440 valence electrons. The zero-order valence-electron chi connectivity index (χ0n) is 47.9. The van der Waals surface area contributed by atoms with Gasteiger partial charge in [-0.15, -0.1) is 5.10 Å². The number of pyridine rings is 3. The summed E-state index contributed by atoms with van der Waals surface area (Å²) in [6.45, 7) is 16.1. The van der Waals surface area contributed by atoms with Crippen LogP contribution >= 0.6 is 0 Å². The van der Waals surface area contributed by atoms with E-state index in [2.05, 4.69) is 47.0 Å². The summed E-state index contributed by atoms with van der Waals surface area (Å²) < 4.78 is 24.9. The van der Waals surface area contributed by atoms with E-state index < -0.39 is 23.5 Å². The van der Waals surface area contributed by atoms with E-state index >= 15 is 0 Å². The fourth-order valence-electron chi connectivity index (χ4n) is 9.79. The first-order valence-electron chi connectivity index (χ1n) is 27.9. The Morgan fingerprint density at radius 2 is 1.70 bits per heavy atom. The quantitative estimate of drug-likeness (QED) is 0.0612. The number of ketones is 1. The monoisotopic (exact) mass is 1150 g/mol. The van der Waals surface area contributed by atoms with Crippen molar-refractivity contribution in [2.24, 2.45) is 5.41 Å². The number of ether oxygens (including phenoxy) is 4. The first kappa shape index (κ1) is 59.5. The number of hydrogen-bond acceptors (Lipinski definition) is 19. The van der Waals surface area contributed by atoms with E-state index in [4.69, 9.17) is 23.9 Å². The van der Waals surface area contributed by atoms with Gasteiger partial charge in [0.2, 0.25) is 17.7 Å². The number of carbonyl (C=O) groups excluding carboxylic acids is 4. The van der Waals surface area contributed by atoms with Crippen molar-refractivity contribution in [3.05, 3.63) is 120 Å². The first-order valence-corrected chi connectivity index (χ1v) is 27.9. The molecule has 8 heterocycles. The number of anilines is 2. The van der Waals surface area contributed by atoms with Gasteiger partial charge in [-0.25, -0.2) is 39.2 Å². The number of aliphatic carboxylic acids is 1. The molecule has 84 heavy (non-hydrogen) atoms. The van der Waals surface area contributed by atoms with Crippen LogP contribution in [0.25, 0.3) is 11.3 Å². The number of nitrogens with one attached hydrogen (secondary N) is 2. The molecule has 3 aliphatic rings. The zero-order chi connectivity index (χ0) is 59.5. The molecule has 0 bridgehead atoms. The maximum atomic E-state index is 13.5. The van der Waals surface area contributed by atoms with Gasteiger partial charge in [-0.1, -0.05) is 38.1 Å². The van der Waals surface area contributed by atoms with Crippen molar-refractivity contribution in [1.29, 1.82) is 5.26 Å². The second-order valence-corrected chi connectivity index (χ2v) is 22.5. The molecule has 5 aromatic heterocycles. The van der Waals surface area contributed by atoms with Crippen molar-refractivity contribution < 1.29 is 48.0 Å². The van der Waals surface area contributed by atoms with Gasteiger partial charge in [0.05, 0.1) is 61.5 Å². The van der Waals surface area contributed by atoms with Gasteiger partial charge in [0.15, 0.2) is 5.78 Å². The molecule has 3 N–H and O–H groups in total. The number of aromatic nitrogens is 8. The molecule has 0 aliphatic carbocycles. The van der Waals surface area contributed by atoms with Crippen molar-refractivity contribution >= 4 is 41.4 Å². The lowest BCUT2D eigenvalue weighted by atomic mass is 9.88. The Kier molecular flexibility index (Phi) is 18.7. The van der Waals surface area contributed by atoms with Gasteiger partial charge < -0.3 is 54.3 Å². The van der Waals surface area contributed by atoms with Gasteiger partial charge in [-0.3, -0.25) is 14.4 Å². The molecule has 2 saturated heterocycles. The number of likely N-dealkylation sites (tertiary alicyclic amines) is 1. The lowest BCUT2D eigenvalue weighted by Gasteiger charge is -2.39. The Labute approximate surface area is 486 Å². The molecule has 2 fully saturated rings. The lowest BCUT2D eigenvalue weighted by Crippen LogP contribution is -2.59. The van der Waals surface area contributed by atoms with Crippen molar-refractivity contribution in [2.75, 3.05) is 68.9 Å². The van der Waals surface area contributed by atoms with Crippen LogP contribution in [0.1, 0.15) is 98.5 Å². The van der Waals surface area contributed by atoms with E-state index in [1.54, 1.807) is 72.2 Å². The second-order valence-electron chi connectivity index (χ2n) is 22.5. The normalized spacial score (nSPS) is 16.1. The minimum Gasteiger partial charge on any atom is -0.487 e. The second kappa shape index (κ2) is 26.4. The number of hydrogen-bond donors (Lipinski definition) is 3. The van der Waals surface area contributed by atoms with E-state index in [1.165, 1.54) is 23.0 Å². The van der Waals surface area contributed by atoms with Crippen LogP contribution in [0.4, 0.5) is 16.6 Å². The summed E-state index contributed by atoms with van der Waals surface area (Å²) in [6.07, 6.45) is 9.36. The van der Waals surface area contributed by atoms with Crippen molar-refractivity contribution in [2.45, 2.75) is 104 Å². The van der Waals surface area contributed by atoms with Crippen LogP contribution < -0.4 is 29.9 Å². The summed E-state index contributed by atoms with van der Waals surface area (Å²) in [6, 6.07) is 18.0. The third kappa shape index (κ3) is 14.9. The average molecular weight is 1150 g/mol. The molecule has 4 amide bonds. The van der Waals surface area contributed by atoms with Crippen molar-refractivity contribution in [3.63, 3.8) is 0 Å². The Balaban J connectivity index is 0.617. The molecular formula is C59H69N15O10. The fourth-order valence-corrected chi connectivity index (χ4v) is 9.79. The van der Waals surface area contributed by atoms with Crippen LogP contribution in [0.15, 0.2) is 91.6 Å². The summed E-state index contributed by atoms with van der Waals surface area (Å²) in [5, 5.41) is 33.0. The largest absolute Gasteiger partial charge is 0.487 e. The minimum absolute atomic E-state index is 0.0242. The molecule has 6 aromatic rings.